The van der Waals surface area contributed by atoms with Crippen molar-refractivity contribution in [2.45, 2.75) is 6.04 Å². The lowest BCUT2D eigenvalue weighted by molar-refractivity contribution is -0.154. The van der Waals surface area contributed by atoms with Crippen LogP contribution in [0.25, 0.3) is 22.2 Å². The average Bonchev–Trinajstić information content (AvgIpc) is 2.69. The maximum atomic E-state index is 13.6. The van der Waals surface area contributed by atoms with Crippen molar-refractivity contribution < 1.29 is 18.7 Å². The number of ether oxygens (including phenoxy) is 1. The number of carbonyl (C=O) groups is 2. The lowest BCUT2D eigenvalue weighted by Gasteiger charge is -2.42. The summed E-state index contributed by atoms with van der Waals surface area (Å²) < 4.78 is 18.6. The van der Waals surface area contributed by atoms with Crippen molar-refractivity contribution in [3.63, 3.8) is 0 Å². The molecule has 158 valence electrons. The molecule has 5 rings (SSSR count). The van der Waals surface area contributed by atoms with Crippen LogP contribution in [0.2, 0.25) is 0 Å². The number of amides is 2. The van der Waals surface area contributed by atoms with E-state index in [2.05, 4.69) is 15.3 Å². The third-order valence-electron chi connectivity index (χ3n) is 5.64. The number of aromatic nitrogens is 2. The van der Waals surface area contributed by atoms with Crippen LogP contribution in [0, 0.1) is 11.7 Å². The summed E-state index contributed by atoms with van der Waals surface area (Å²) in [5.41, 5.74) is 7.87. The topological polar surface area (TPSA) is 110 Å². The number of rotatable bonds is 4. The molecular weight excluding hydrogens is 401 g/mol. The highest BCUT2D eigenvalue weighted by atomic mass is 19.1. The molecule has 2 aliphatic rings. The van der Waals surface area contributed by atoms with Gasteiger partial charge in [0.15, 0.2) is 0 Å². The van der Waals surface area contributed by atoms with E-state index in [0.717, 1.165) is 0 Å². The average molecular weight is 421 g/mol. The predicted molar refractivity (Wildman–Crippen MR) is 111 cm³/mol. The molecule has 0 unspecified atom stereocenters. The fourth-order valence-electron chi connectivity index (χ4n) is 3.78. The van der Waals surface area contributed by atoms with E-state index >= 15 is 0 Å². The van der Waals surface area contributed by atoms with Crippen molar-refractivity contribution >= 4 is 28.5 Å². The van der Waals surface area contributed by atoms with Crippen molar-refractivity contribution in [1.29, 1.82) is 0 Å². The monoisotopic (exact) mass is 421 g/mol. The van der Waals surface area contributed by atoms with Crippen LogP contribution in [0.15, 0.2) is 42.6 Å². The smallest absolute Gasteiger partial charge is 0.253 e. The second kappa shape index (κ2) is 7.59. The highest BCUT2D eigenvalue weighted by molar-refractivity contribution is 6.08. The molecule has 31 heavy (non-hydrogen) atoms. The molecule has 2 fully saturated rings. The summed E-state index contributed by atoms with van der Waals surface area (Å²) >= 11 is 0. The number of pyridine rings is 2. The summed E-state index contributed by atoms with van der Waals surface area (Å²) in [6, 6.07) is 9.43. The first kappa shape index (κ1) is 19.4. The minimum absolute atomic E-state index is 0.0553. The quantitative estimate of drug-likeness (QED) is 0.662. The van der Waals surface area contributed by atoms with Crippen LogP contribution in [-0.4, -0.2) is 59.0 Å². The number of nitrogen functional groups attached to an aromatic ring is 1. The summed E-state index contributed by atoms with van der Waals surface area (Å²) in [6.07, 6.45) is 1.42. The number of nitrogens with one attached hydrogen (secondary N) is 1. The number of hydrogen-bond donors (Lipinski definition) is 2. The number of hydrogen-bond acceptors (Lipinski definition) is 6. The van der Waals surface area contributed by atoms with Crippen molar-refractivity contribution in [2.24, 2.45) is 5.92 Å². The molecule has 0 bridgehead atoms. The lowest BCUT2D eigenvalue weighted by atomic mass is 10.0. The molecule has 2 amide bonds. The van der Waals surface area contributed by atoms with Gasteiger partial charge in [-0.2, -0.15) is 0 Å². The fourth-order valence-corrected chi connectivity index (χ4v) is 3.78. The lowest BCUT2D eigenvalue weighted by Crippen LogP contribution is -2.63. The number of carbonyl (C=O) groups excluding carboxylic acids is 2. The Morgan fingerprint density at radius 3 is 2.71 bits per heavy atom. The van der Waals surface area contributed by atoms with E-state index in [1.54, 1.807) is 29.2 Å². The van der Waals surface area contributed by atoms with Crippen molar-refractivity contribution in [1.82, 2.24) is 20.2 Å². The van der Waals surface area contributed by atoms with Gasteiger partial charge in [-0.05, 0) is 24.3 Å². The summed E-state index contributed by atoms with van der Waals surface area (Å²) in [5.74, 6) is -0.461. The molecule has 3 N–H and O–H groups in total. The minimum atomic E-state index is -0.364. The number of nitrogens with zero attached hydrogens (tertiary/aromatic N) is 3. The molecule has 0 saturated carbocycles. The summed E-state index contributed by atoms with van der Waals surface area (Å²) in [7, 11) is 0. The Hall–Kier alpha value is -3.59. The van der Waals surface area contributed by atoms with E-state index in [1.165, 1.54) is 18.3 Å². The van der Waals surface area contributed by atoms with Crippen molar-refractivity contribution in [2.75, 3.05) is 32.0 Å². The molecular formula is C22H20FN5O3. The predicted octanol–water partition coefficient (Wildman–Crippen LogP) is 1.61. The first-order chi connectivity index (χ1) is 15.0. The van der Waals surface area contributed by atoms with Gasteiger partial charge < -0.3 is 20.7 Å². The Bertz CT molecular complexity index is 1190. The fraction of sp³-hybridized carbons (Fsp3) is 0.273. The van der Waals surface area contributed by atoms with Gasteiger partial charge in [-0.15, -0.1) is 0 Å². The largest absolute Gasteiger partial charge is 0.382 e. The molecule has 1 aromatic carbocycles. The summed E-state index contributed by atoms with van der Waals surface area (Å²) in [5, 5.41) is 3.49. The zero-order valence-electron chi connectivity index (χ0n) is 16.5. The van der Waals surface area contributed by atoms with Gasteiger partial charge in [0.1, 0.15) is 17.2 Å². The van der Waals surface area contributed by atoms with Crippen LogP contribution in [0.4, 0.5) is 10.2 Å². The zero-order valence-corrected chi connectivity index (χ0v) is 16.5. The van der Waals surface area contributed by atoms with E-state index in [9.17, 15) is 14.0 Å². The Morgan fingerprint density at radius 2 is 2.00 bits per heavy atom. The van der Waals surface area contributed by atoms with Crippen LogP contribution in [-0.2, 0) is 9.53 Å². The molecule has 0 atom stereocenters. The highest BCUT2D eigenvalue weighted by Gasteiger charge is 2.38. The molecule has 2 aromatic heterocycles. The van der Waals surface area contributed by atoms with Crippen LogP contribution in [0.5, 0.6) is 0 Å². The Kier molecular flexibility index (Phi) is 4.74. The number of anilines is 1. The first-order valence-corrected chi connectivity index (χ1v) is 9.98. The van der Waals surface area contributed by atoms with Gasteiger partial charge in [-0.1, -0.05) is 12.1 Å². The summed E-state index contributed by atoms with van der Waals surface area (Å²) in [6.45, 7) is 1.90. The standard InChI is InChI=1S/C22H20FN5O3/c23-14-3-1-2-12(6-14)18-5-4-16-17(7-25-20(24)19(16)27-18)21(29)26-15-8-28(9-15)22(30)13-10-31-11-13/h1-7,13,15H,8-11H2,(H2,24,25)(H,26,29). The molecule has 2 aliphatic heterocycles. The molecule has 3 aromatic rings. The second-order valence-electron chi connectivity index (χ2n) is 7.81. The van der Waals surface area contributed by atoms with Gasteiger partial charge in [-0.3, -0.25) is 9.59 Å². The minimum Gasteiger partial charge on any atom is -0.382 e. The Labute approximate surface area is 177 Å². The Balaban J connectivity index is 1.34. The van der Waals surface area contributed by atoms with Gasteiger partial charge in [0.25, 0.3) is 5.91 Å². The highest BCUT2D eigenvalue weighted by Crippen LogP contribution is 2.26. The van der Waals surface area contributed by atoms with Gasteiger partial charge in [0, 0.05) is 30.2 Å². The molecule has 0 spiro atoms. The molecule has 4 heterocycles. The van der Waals surface area contributed by atoms with Crippen molar-refractivity contribution in [3.8, 4) is 11.3 Å². The van der Waals surface area contributed by atoms with E-state index in [0.29, 0.717) is 54.0 Å². The van der Waals surface area contributed by atoms with Gasteiger partial charge >= 0.3 is 0 Å². The van der Waals surface area contributed by atoms with E-state index in [1.807, 2.05) is 0 Å². The number of halogens is 1. The third-order valence-corrected chi connectivity index (χ3v) is 5.64. The molecule has 9 heteroatoms. The normalized spacial score (nSPS) is 16.6. The van der Waals surface area contributed by atoms with E-state index < -0.39 is 0 Å². The van der Waals surface area contributed by atoms with Crippen molar-refractivity contribution in [3.05, 3.63) is 54.0 Å². The molecule has 2 saturated heterocycles. The van der Waals surface area contributed by atoms with Gasteiger partial charge in [-0.25, -0.2) is 14.4 Å². The number of nitrogens with two attached hydrogens (primary N) is 1. The van der Waals surface area contributed by atoms with Gasteiger partial charge in [0.2, 0.25) is 5.91 Å². The SMILES string of the molecule is Nc1ncc(C(=O)NC2CN(C(=O)C3COC3)C2)c2ccc(-c3cccc(F)c3)nc12. The van der Waals surface area contributed by atoms with E-state index in [4.69, 9.17) is 10.5 Å². The molecule has 0 aliphatic carbocycles. The number of benzene rings is 1. The maximum absolute atomic E-state index is 13.6. The van der Waals surface area contributed by atoms with Gasteiger partial charge in [0.05, 0.1) is 36.4 Å². The number of likely N-dealkylation sites (tertiary alicyclic amines) is 1. The Morgan fingerprint density at radius 1 is 1.19 bits per heavy atom. The zero-order chi connectivity index (χ0) is 21.5. The van der Waals surface area contributed by atoms with Crippen LogP contribution < -0.4 is 11.1 Å². The molecule has 0 radical (unpaired) electrons. The van der Waals surface area contributed by atoms with Crippen LogP contribution in [0.1, 0.15) is 10.4 Å². The third kappa shape index (κ3) is 3.57. The number of fused-ring (bicyclic) bond motifs is 1. The first-order valence-electron chi connectivity index (χ1n) is 9.98. The second-order valence-corrected chi connectivity index (χ2v) is 7.81. The van der Waals surface area contributed by atoms with E-state index in [-0.39, 0.29) is 35.4 Å². The van der Waals surface area contributed by atoms with Crippen LogP contribution >= 0.6 is 0 Å². The van der Waals surface area contributed by atoms with Crippen LogP contribution in [0.3, 0.4) is 0 Å². The maximum Gasteiger partial charge on any atom is 0.253 e. The molecule has 8 nitrogen and oxygen atoms in total. The summed E-state index contributed by atoms with van der Waals surface area (Å²) in [4.78, 5) is 35.4.